The molecule has 9 heteroatoms. The Kier molecular flexibility index (Phi) is 3.60. The van der Waals surface area contributed by atoms with E-state index in [0.717, 1.165) is 0 Å². The van der Waals surface area contributed by atoms with E-state index in [0.29, 0.717) is 0 Å². The zero-order valence-electron chi connectivity index (χ0n) is 8.96. The third kappa shape index (κ3) is 2.87. The number of nitrogens with two attached hydrogens (primary N) is 1. The van der Waals surface area contributed by atoms with Gasteiger partial charge in [0.2, 0.25) is 5.95 Å². The van der Waals surface area contributed by atoms with Crippen molar-refractivity contribution < 1.29 is 4.79 Å². The molecule has 0 aliphatic heterocycles. The number of nitrogen functional groups attached to an aromatic ring is 1. The standard InChI is InChI=1S/C9H8ClN7O/c10-6-3-5(4-7(14-6)16-11)8(18)15-9-12-1-2-13-17-9/h1-4H,11H2,(H,14,16)(H,12,15,17,18). The molecule has 0 saturated carbocycles. The number of carbonyl (C=O) groups excluding carboxylic acids is 1. The molecule has 0 bridgehead atoms. The van der Waals surface area contributed by atoms with Crippen LogP contribution in [0.15, 0.2) is 24.5 Å². The molecule has 0 atom stereocenters. The van der Waals surface area contributed by atoms with E-state index in [1.165, 1.54) is 24.5 Å². The summed E-state index contributed by atoms with van der Waals surface area (Å²) in [5, 5.41) is 9.81. The van der Waals surface area contributed by atoms with Crippen molar-refractivity contribution >= 4 is 29.3 Å². The molecule has 1 amide bonds. The Morgan fingerprint density at radius 2 is 2.17 bits per heavy atom. The summed E-state index contributed by atoms with van der Waals surface area (Å²) >= 11 is 5.75. The lowest BCUT2D eigenvalue weighted by molar-refractivity contribution is 0.102. The first kappa shape index (κ1) is 12.1. The Hall–Kier alpha value is -2.32. The molecule has 0 aromatic carbocycles. The normalized spacial score (nSPS) is 9.89. The van der Waals surface area contributed by atoms with E-state index in [4.69, 9.17) is 17.4 Å². The highest BCUT2D eigenvalue weighted by Crippen LogP contribution is 2.14. The average Bonchev–Trinajstić information content (AvgIpc) is 2.39. The number of aromatic nitrogens is 4. The van der Waals surface area contributed by atoms with Crippen molar-refractivity contribution in [2.75, 3.05) is 10.7 Å². The Bertz CT molecular complexity index is 562. The molecule has 2 aromatic heterocycles. The molecule has 0 spiro atoms. The topological polar surface area (TPSA) is 119 Å². The van der Waals surface area contributed by atoms with Gasteiger partial charge in [0.15, 0.2) is 0 Å². The van der Waals surface area contributed by atoms with Crippen molar-refractivity contribution in [1.29, 1.82) is 0 Å². The van der Waals surface area contributed by atoms with Crippen molar-refractivity contribution in [3.05, 3.63) is 35.2 Å². The summed E-state index contributed by atoms with van der Waals surface area (Å²) in [5.41, 5.74) is 2.58. The lowest BCUT2D eigenvalue weighted by atomic mass is 10.2. The minimum absolute atomic E-state index is 0.0951. The third-order valence-corrected chi connectivity index (χ3v) is 2.11. The minimum atomic E-state index is -0.441. The number of hydrogen-bond acceptors (Lipinski definition) is 7. The molecule has 0 radical (unpaired) electrons. The van der Waals surface area contributed by atoms with Crippen molar-refractivity contribution in [3.8, 4) is 0 Å². The van der Waals surface area contributed by atoms with Gasteiger partial charge in [-0.1, -0.05) is 11.6 Å². The molecular weight excluding hydrogens is 258 g/mol. The van der Waals surface area contributed by atoms with Crippen LogP contribution in [0.2, 0.25) is 5.15 Å². The summed E-state index contributed by atoms with van der Waals surface area (Å²) in [4.78, 5) is 19.5. The van der Waals surface area contributed by atoms with Crippen LogP contribution in [-0.4, -0.2) is 26.1 Å². The molecule has 0 saturated heterocycles. The van der Waals surface area contributed by atoms with Crippen LogP contribution in [0.3, 0.4) is 0 Å². The van der Waals surface area contributed by atoms with E-state index in [9.17, 15) is 4.79 Å². The maximum Gasteiger partial charge on any atom is 0.258 e. The van der Waals surface area contributed by atoms with Gasteiger partial charge in [0.25, 0.3) is 5.91 Å². The molecule has 8 nitrogen and oxygen atoms in total. The number of halogens is 1. The summed E-state index contributed by atoms with van der Waals surface area (Å²) in [6.07, 6.45) is 2.81. The molecule has 0 aliphatic rings. The fourth-order valence-corrected chi connectivity index (χ4v) is 1.39. The van der Waals surface area contributed by atoms with Gasteiger partial charge in [0.1, 0.15) is 11.0 Å². The van der Waals surface area contributed by atoms with Crippen molar-refractivity contribution in [2.24, 2.45) is 5.84 Å². The number of hydrogen-bond donors (Lipinski definition) is 3. The summed E-state index contributed by atoms with van der Waals surface area (Å²) in [7, 11) is 0. The highest BCUT2D eigenvalue weighted by Gasteiger charge is 2.10. The zero-order chi connectivity index (χ0) is 13.0. The van der Waals surface area contributed by atoms with Gasteiger partial charge >= 0.3 is 0 Å². The number of pyridine rings is 1. The minimum Gasteiger partial charge on any atom is -0.308 e. The van der Waals surface area contributed by atoms with E-state index in [1.807, 2.05) is 0 Å². The van der Waals surface area contributed by atoms with Gasteiger partial charge in [-0.2, -0.15) is 5.10 Å². The second kappa shape index (κ2) is 5.34. The number of carbonyl (C=O) groups is 1. The van der Waals surface area contributed by atoms with Crippen LogP contribution in [0.4, 0.5) is 11.8 Å². The third-order valence-electron chi connectivity index (χ3n) is 1.91. The van der Waals surface area contributed by atoms with Crippen LogP contribution < -0.4 is 16.6 Å². The van der Waals surface area contributed by atoms with E-state index in [-0.39, 0.29) is 22.5 Å². The molecular formula is C9H8ClN7O. The molecule has 0 fully saturated rings. The first-order chi connectivity index (χ1) is 8.69. The number of anilines is 2. The first-order valence-electron chi connectivity index (χ1n) is 4.78. The van der Waals surface area contributed by atoms with Crippen LogP contribution in [-0.2, 0) is 0 Å². The van der Waals surface area contributed by atoms with Crippen LogP contribution in [0.1, 0.15) is 10.4 Å². The lowest BCUT2D eigenvalue weighted by Crippen LogP contribution is -2.16. The van der Waals surface area contributed by atoms with Crippen LogP contribution in [0.5, 0.6) is 0 Å². The molecule has 4 N–H and O–H groups in total. The second-order valence-corrected chi connectivity index (χ2v) is 3.52. The van der Waals surface area contributed by atoms with E-state index in [2.05, 4.69) is 30.9 Å². The number of nitrogens with zero attached hydrogens (tertiary/aromatic N) is 4. The quantitative estimate of drug-likeness (QED) is 0.419. The highest BCUT2D eigenvalue weighted by molar-refractivity contribution is 6.30. The van der Waals surface area contributed by atoms with Gasteiger partial charge in [-0.05, 0) is 12.1 Å². The first-order valence-corrected chi connectivity index (χ1v) is 5.16. The van der Waals surface area contributed by atoms with Crippen molar-refractivity contribution in [3.63, 3.8) is 0 Å². The monoisotopic (exact) mass is 265 g/mol. The average molecular weight is 266 g/mol. The van der Waals surface area contributed by atoms with Crippen LogP contribution in [0.25, 0.3) is 0 Å². The van der Waals surface area contributed by atoms with Crippen LogP contribution >= 0.6 is 11.6 Å². The van der Waals surface area contributed by atoms with Gasteiger partial charge in [-0.15, -0.1) is 5.10 Å². The van der Waals surface area contributed by atoms with Gasteiger partial charge in [0.05, 0.1) is 12.4 Å². The van der Waals surface area contributed by atoms with E-state index in [1.54, 1.807) is 0 Å². The zero-order valence-corrected chi connectivity index (χ0v) is 9.72. The second-order valence-electron chi connectivity index (χ2n) is 3.13. The lowest BCUT2D eigenvalue weighted by Gasteiger charge is -2.05. The van der Waals surface area contributed by atoms with E-state index < -0.39 is 5.91 Å². The van der Waals surface area contributed by atoms with E-state index >= 15 is 0 Å². The summed E-state index contributed by atoms with van der Waals surface area (Å²) in [5.74, 6) is 5.13. The van der Waals surface area contributed by atoms with Crippen molar-refractivity contribution in [1.82, 2.24) is 20.2 Å². The molecule has 2 rings (SSSR count). The van der Waals surface area contributed by atoms with Crippen molar-refractivity contribution in [2.45, 2.75) is 0 Å². The largest absolute Gasteiger partial charge is 0.308 e. The molecule has 18 heavy (non-hydrogen) atoms. The predicted octanol–water partition coefficient (Wildman–Crippen LogP) is 0.458. The molecule has 2 heterocycles. The highest BCUT2D eigenvalue weighted by atomic mass is 35.5. The van der Waals surface area contributed by atoms with Gasteiger partial charge in [0, 0.05) is 5.56 Å². The maximum atomic E-state index is 11.9. The summed E-state index contributed by atoms with van der Waals surface area (Å²) in [6.45, 7) is 0. The summed E-state index contributed by atoms with van der Waals surface area (Å²) in [6, 6.07) is 2.84. The molecule has 2 aromatic rings. The van der Waals surface area contributed by atoms with Gasteiger partial charge < -0.3 is 5.43 Å². The summed E-state index contributed by atoms with van der Waals surface area (Å²) < 4.78 is 0. The number of hydrazine groups is 1. The van der Waals surface area contributed by atoms with Crippen LogP contribution in [0, 0.1) is 0 Å². The molecule has 92 valence electrons. The molecule has 0 unspecified atom stereocenters. The molecule has 0 aliphatic carbocycles. The van der Waals surface area contributed by atoms with Gasteiger partial charge in [-0.3, -0.25) is 10.1 Å². The Balaban J connectivity index is 2.21. The fourth-order valence-electron chi connectivity index (χ4n) is 1.18. The Morgan fingerprint density at radius 3 is 2.83 bits per heavy atom. The fraction of sp³-hybridized carbons (Fsp3) is 0. The Labute approximate surface area is 107 Å². The smallest absolute Gasteiger partial charge is 0.258 e. The maximum absolute atomic E-state index is 11.9. The predicted molar refractivity (Wildman–Crippen MR) is 64.8 cm³/mol. The number of amides is 1. The number of nitrogens with one attached hydrogen (secondary N) is 2. The Morgan fingerprint density at radius 1 is 1.33 bits per heavy atom. The number of rotatable bonds is 3. The van der Waals surface area contributed by atoms with Gasteiger partial charge in [-0.25, -0.2) is 15.8 Å². The SMILES string of the molecule is NNc1cc(C(=O)Nc2nccnn2)cc(Cl)n1.